The zero-order chi connectivity index (χ0) is 21.6. The highest BCUT2D eigenvalue weighted by atomic mass is 32.2. The second-order valence-corrected chi connectivity index (χ2v) is 8.96. The van der Waals surface area contributed by atoms with Gasteiger partial charge in [-0.05, 0) is 68.7 Å². The van der Waals surface area contributed by atoms with Gasteiger partial charge in [0.05, 0.1) is 24.6 Å². The minimum absolute atomic E-state index is 0.0303. The Labute approximate surface area is 173 Å². The van der Waals surface area contributed by atoms with E-state index in [4.69, 9.17) is 4.74 Å². The molecule has 1 atom stereocenters. The summed E-state index contributed by atoms with van der Waals surface area (Å²) in [5, 5.41) is 3.06. The molecule has 1 amide bonds. The van der Waals surface area contributed by atoms with E-state index >= 15 is 0 Å². The number of amides is 1. The maximum Gasteiger partial charge on any atom is 0.251 e. The highest BCUT2D eigenvalue weighted by molar-refractivity contribution is 7.92. The second kappa shape index (κ2) is 9.78. The van der Waals surface area contributed by atoms with Gasteiger partial charge in [-0.15, -0.1) is 0 Å². The van der Waals surface area contributed by atoms with Crippen LogP contribution >= 0.6 is 0 Å². The van der Waals surface area contributed by atoms with Crippen LogP contribution in [0.25, 0.3) is 0 Å². The monoisotopic (exact) mass is 418 g/mol. The van der Waals surface area contributed by atoms with E-state index in [1.807, 2.05) is 32.0 Å². The van der Waals surface area contributed by atoms with E-state index in [0.717, 1.165) is 23.3 Å². The third kappa shape index (κ3) is 5.29. The van der Waals surface area contributed by atoms with E-state index in [2.05, 4.69) is 5.32 Å². The molecule has 0 radical (unpaired) electrons. The number of ether oxygens (including phenoxy) is 1. The summed E-state index contributed by atoms with van der Waals surface area (Å²) in [5.74, 6) is 0.647. The third-order valence-corrected chi connectivity index (χ3v) is 6.81. The molecule has 0 saturated carbocycles. The van der Waals surface area contributed by atoms with E-state index in [0.29, 0.717) is 17.8 Å². The zero-order valence-electron chi connectivity index (χ0n) is 17.7. The number of nitrogens with zero attached hydrogens (tertiary/aromatic N) is 1. The lowest BCUT2D eigenvalue weighted by molar-refractivity contribution is 0.0935. The van der Waals surface area contributed by atoms with Crippen LogP contribution in [-0.4, -0.2) is 33.7 Å². The Hall–Kier alpha value is -2.54. The number of benzene rings is 2. The first-order valence-electron chi connectivity index (χ1n) is 9.83. The van der Waals surface area contributed by atoms with Crippen molar-refractivity contribution < 1.29 is 17.9 Å². The molecule has 0 aromatic heterocycles. The number of methoxy groups -OCH3 is 1. The average Bonchev–Trinajstić information content (AvgIpc) is 2.72. The molecular weight excluding hydrogens is 388 g/mol. The Bertz CT molecular complexity index is 940. The molecule has 2 aromatic rings. The quantitative estimate of drug-likeness (QED) is 0.666. The molecule has 0 unspecified atom stereocenters. The third-order valence-electron chi connectivity index (χ3n) is 4.94. The first-order chi connectivity index (χ1) is 13.8. The summed E-state index contributed by atoms with van der Waals surface area (Å²) in [6.07, 6.45) is 0.744. The van der Waals surface area contributed by atoms with Crippen LogP contribution in [0.2, 0.25) is 0 Å². The summed E-state index contributed by atoms with van der Waals surface area (Å²) in [6.45, 7) is 7.74. The zero-order valence-corrected chi connectivity index (χ0v) is 18.5. The lowest BCUT2D eigenvalue weighted by Gasteiger charge is -2.22. The van der Waals surface area contributed by atoms with E-state index in [-0.39, 0.29) is 17.7 Å². The van der Waals surface area contributed by atoms with Gasteiger partial charge in [0.1, 0.15) is 5.75 Å². The predicted octanol–water partition coefficient (Wildman–Crippen LogP) is 4.06. The van der Waals surface area contributed by atoms with Crippen LogP contribution < -0.4 is 14.4 Å². The fourth-order valence-corrected chi connectivity index (χ4v) is 4.40. The number of nitrogens with one attached hydrogen (secondary N) is 1. The topological polar surface area (TPSA) is 75.7 Å². The van der Waals surface area contributed by atoms with Crippen molar-refractivity contribution in [3.63, 3.8) is 0 Å². The Balaban J connectivity index is 2.18. The number of carbonyl (C=O) groups excluding carboxylic acids is 1. The fourth-order valence-electron chi connectivity index (χ4n) is 3.26. The Morgan fingerprint density at radius 3 is 2.24 bits per heavy atom. The molecule has 2 aromatic carbocycles. The van der Waals surface area contributed by atoms with Crippen LogP contribution in [0.1, 0.15) is 54.7 Å². The van der Waals surface area contributed by atoms with E-state index in [1.54, 1.807) is 45.2 Å². The molecule has 0 saturated heterocycles. The van der Waals surface area contributed by atoms with Gasteiger partial charge in [0.15, 0.2) is 0 Å². The van der Waals surface area contributed by atoms with Gasteiger partial charge in [0.25, 0.3) is 5.91 Å². The standard InChI is InChI=1S/C22H30N2O4S/c1-6-20(18-11-14-21(28-5)16(4)15-18)23-22(25)17-9-12-19(13-10-17)24(7-2)29(26,27)8-3/h9-15,20H,6-8H2,1-5H3,(H,23,25)/t20-/m1/s1. The average molecular weight is 419 g/mol. The molecule has 1 N–H and O–H groups in total. The summed E-state index contributed by atoms with van der Waals surface area (Å²) in [4.78, 5) is 12.7. The van der Waals surface area contributed by atoms with Gasteiger partial charge in [0.2, 0.25) is 10.0 Å². The summed E-state index contributed by atoms with van der Waals surface area (Å²) < 4.78 is 31.1. The van der Waals surface area contributed by atoms with E-state index in [1.165, 1.54) is 4.31 Å². The van der Waals surface area contributed by atoms with E-state index < -0.39 is 10.0 Å². The van der Waals surface area contributed by atoms with Crippen molar-refractivity contribution in [1.29, 1.82) is 0 Å². The molecule has 0 bridgehead atoms. The lowest BCUT2D eigenvalue weighted by Crippen LogP contribution is -2.32. The maximum absolute atomic E-state index is 12.7. The summed E-state index contributed by atoms with van der Waals surface area (Å²) >= 11 is 0. The summed E-state index contributed by atoms with van der Waals surface area (Å²) in [7, 11) is -1.71. The maximum atomic E-state index is 12.7. The molecule has 2 rings (SSSR count). The minimum Gasteiger partial charge on any atom is -0.496 e. The van der Waals surface area contributed by atoms with Crippen LogP contribution in [0.4, 0.5) is 5.69 Å². The molecule has 6 nitrogen and oxygen atoms in total. The number of rotatable bonds is 9. The second-order valence-electron chi connectivity index (χ2n) is 6.78. The van der Waals surface area contributed by atoms with Crippen LogP contribution in [0, 0.1) is 6.92 Å². The number of carbonyl (C=O) groups is 1. The van der Waals surface area contributed by atoms with Gasteiger partial charge >= 0.3 is 0 Å². The Morgan fingerprint density at radius 1 is 1.10 bits per heavy atom. The molecule has 0 aliphatic heterocycles. The van der Waals surface area contributed by atoms with Crippen LogP contribution in [-0.2, 0) is 10.0 Å². The van der Waals surface area contributed by atoms with E-state index in [9.17, 15) is 13.2 Å². The van der Waals surface area contributed by atoms with Crippen molar-refractivity contribution in [3.05, 3.63) is 59.2 Å². The number of hydrogen-bond donors (Lipinski definition) is 1. The minimum atomic E-state index is -3.34. The number of sulfonamides is 1. The first-order valence-corrected chi connectivity index (χ1v) is 11.4. The Morgan fingerprint density at radius 2 is 1.76 bits per heavy atom. The Kier molecular flexibility index (Phi) is 7.67. The number of hydrogen-bond acceptors (Lipinski definition) is 4. The smallest absolute Gasteiger partial charge is 0.251 e. The van der Waals surface area contributed by atoms with Gasteiger partial charge in [-0.2, -0.15) is 0 Å². The molecule has 0 aliphatic rings. The lowest BCUT2D eigenvalue weighted by atomic mass is 10.0. The van der Waals surface area contributed by atoms with Crippen molar-refractivity contribution in [2.45, 2.75) is 40.2 Å². The molecule has 0 spiro atoms. The van der Waals surface area contributed by atoms with Crippen molar-refractivity contribution in [2.24, 2.45) is 0 Å². The normalized spacial score (nSPS) is 12.3. The van der Waals surface area contributed by atoms with Crippen LogP contribution in [0.5, 0.6) is 5.75 Å². The molecule has 158 valence electrons. The molecule has 7 heteroatoms. The molecule has 0 fully saturated rings. The van der Waals surface area contributed by atoms with Crippen molar-refractivity contribution in [2.75, 3.05) is 23.7 Å². The SMILES string of the molecule is CC[C@@H](NC(=O)c1ccc(N(CC)S(=O)(=O)CC)cc1)c1ccc(OC)c(C)c1. The van der Waals surface area contributed by atoms with Gasteiger partial charge in [-0.3, -0.25) is 9.10 Å². The fraction of sp³-hybridized carbons (Fsp3) is 0.409. The van der Waals surface area contributed by atoms with Crippen LogP contribution in [0.15, 0.2) is 42.5 Å². The highest BCUT2D eigenvalue weighted by Gasteiger charge is 2.20. The molecular formula is C22H30N2O4S. The molecule has 0 heterocycles. The van der Waals surface area contributed by atoms with Gasteiger partial charge in [0, 0.05) is 12.1 Å². The largest absolute Gasteiger partial charge is 0.496 e. The van der Waals surface area contributed by atoms with Gasteiger partial charge in [-0.25, -0.2) is 8.42 Å². The number of aryl methyl sites for hydroxylation is 1. The molecule has 0 aliphatic carbocycles. The van der Waals surface area contributed by atoms with Crippen molar-refractivity contribution in [3.8, 4) is 5.75 Å². The van der Waals surface area contributed by atoms with Crippen molar-refractivity contribution >= 4 is 21.6 Å². The van der Waals surface area contributed by atoms with Gasteiger partial charge < -0.3 is 10.1 Å². The van der Waals surface area contributed by atoms with Crippen LogP contribution in [0.3, 0.4) is 0 Å². The van der Waals surface area contributed by atoms with Crippen molar-refractivity contribution in [1.82, 2.24) is 5.32 Å². The number of anilines is 1. The summed E-state index contributed by atoms with van der Waals surface area (Å²) in [6, 6.07) is 12.4. The predicted molar refractivity (Wildman–Crippen MR) is 117 cm³/mol. The molecule has 29 heavy (non-hydrogen) atoms. The first kappa shape index (κ1) is 22.7. The summed E-state index contributed by atoms with van der Waals surface area (Å²) in [5.41, 5.74) is 3.08. The highest BCUT2D eigenvalue weighted by Crippen LogP contribution is 2.25. The van der Waals surface area contributed by atoms with Gasteiger partial charge in [-0.1, -0.05) is 19.1 Å².